The third kappa shape index (κ3) is 3.11. The highest BCUT2D eigenvalue weighted by molar-refractivity contribution is 6.30. The summed E-state index contributed by atoms with van der Waals surface area (Å²) in [5, 5.41) is 12.6. The van der Waals surface area contributed by atoms with E-state index in [0.717, 1.165) is 5.56 Å². The van der Waals surface area contributed by atoms with Gasteiger partial charge in [0, 0.05) is 11.6 Å². The molecule has 2 N–H and O–H groups in total. The predicted octanol–water partition coefficient (Wildman–Crippen LogP) is 3.80. The topological polar surface area (TPSA) is 32.3 Å². The van der Waals surface area contributed by atoms with E-state index in [1.54, 1.807) is 24.3 Å². The summed E-state index contributed by atoms with van der Waals surface area (Å²) in [5.41, 5.74) is 1.31. The SMILES string of the molecule is Oc1ccc(CNc2cc(Cl)ccc2F)cc1. The van der Waals surface area contributed by atoms with Crippen molar-refractivity contribution in [3.63, 3.8) is 0 Å². The summed E-state index contributed by atoms with van der Waals surface area (Å²) in [6, 6.07) is 11.1. The first-order valence-corrected chi connectivity index (χ1v) is 5.50. The zero-order valence-electron chi connectivity index (χ0n) is 8.95. The second-order valence-electron chi connectivity index (χ2n) is 3.64. The third-order valence-corrected chi connectivity index (χ3v) is 2.58. The van der Waals surface area contributed by atoms with E-state index < -0.39 is 0 Å². The van der Waals surface area contributed by atoms with Crippen molar-refractivity contribution >= 4 is 17.3 Å². The summed E-state index contributed by atoms with van der Waals surface area (Å²) >= 11 is 5.78. The summed E-state index contributed by atoms with van der Waals surface area (Å²) in [4.78, 5) is 0. The third-order valence-electron chi connectivity index (χ3n) is 2.35. The minimum atomic E-state index is -0.340. The maximum atomic E-state index is 13.4. The zero-order valence-corrected chi connectivity index (χ0v) is 9.71. The first-order valence-electron chi connectivity index (χ1n) is 5.12. The van der Waals surface area contributed by atoms with Gasteiger partial charge in [0.05, 0.1) is 5.69 Å². The number of halogens is 2. The summed E-state index contributed by atoms with van der Waals surface area (Å²) in [5.74, 6) is -0.129. The molecule has 0 atom stereocenters. The maximum Gasteiger partial charge on any atom is 0.146 e. The van der Waals surface area contributed by atoms with Gasteiger partial charge in [-0.15, -0.1) is 0 Å². The molecule has 0 saturated heterocycles. The van der Waals surface area contributed by atoms with Gasteiger partial charge in [0.25, 0.3) is 0 Å². The average molecular weight is 252 g/mol. The number of anilines is 1. The highest BCUT2D eigenvalue weighted by atomic mass is 35.5. The minimum absolute atomic E-state index is 0.211. The standard InChI is InChI=1S/C13H11ClFNO/c14-10-3-6-12(15)13(7-10)16-8-9-1-4-11(17)5-2-9/h1-7,16-17H,8H2. The van der Waals surface area contributed by atoms with Gasteiger partial charge in [0.1, 0.15) is 11.6 Å². The van der Waals surface area contributed by atoms with E-state index in [-0.39, 0.29) is 11.6 Å². The molecule has 2 aromatic rings. The highest BCUT2D eigenvalue weighted by Gasteiger charge is 2.02. The number of nitrogens with one attached hydrogen (secondary N) is 1. The Morgan fingerprint density at radius 1 is 1.12 bits per heavy atom. The molecule has 0 aromatic heterocycles. The number of phenolic OH excluding ortho intramolecular Hbond substituents is 1. The van der Waals surface area contributed by atoms with Crippen molar-refractivity contribution in [1.82, 2.24) is 0 Å². The van der Waals surface area contributed by atoms with Gasteiger partial charge in [0.2, 0.25) is 0 Å². The van der Waals surface area contributed by atoms with Crippen LogP contribution in [-0.2, 0) is 6.54 Å². The van der Waals surface area contributed by atoms with E-state index in [2.05, 4.69) is 5.32 Å². The van der Waals surface area contributed by atoms with E-state index in [9.17, 15) is 4.39 Å². The molecule has 4 heteroatoms. The summed E-state index contributed by atoms with van der Waals surface area (Å²) in [6.07, 6.45) is 0. The minimum Gasteiger partial charge on any atom is -0.508 e. The van der Waals surface area contributed by atoms with E-state index >= 15 is 0 Å². The van der Waals surface area contributed by atoms with E-state index in [0.29, 0.717) is 17.3 Å². The second kappa shape index (κ2) is 5.06. The van der Waals surface area contributed by atoms with Gasteiger partial charge in [-0.1, -0.05) is 23.7 Å². The Labute approximate surface area is 104 Å². The lowest BCUT2D eigenvalue weighted by Crippen LogP contribution is -2.01. The van der Waals surface area contributed by atoms with Crippen molar-refractivity contribution in [3.8, 4) is 5.75 Å². The molecule has 0 unspecified atom stereocenters. The monoisotopic (exact) mass is 251 g/mol. The predicted molar refractivity (Wildman–Crippen MR) is 66.8 cm³/mol. The molecular formula is C13H11ClFNO. The van der Waals surface area contributed by atoms with E-state index in [1.165, 1.54) is 18.2 Å². The fourth-order valence-corrected chi connectivity index (χ4v) is 1.62. The quantitative estimate of drug-likeness (QED) is 0.870. The fraction of sp³-hybridized carbons (Fsp3) is 0.0769. The van der Waals surface area contributed by atoms with Crippen LogP contribution in [0, 0.1) is 5.82 Å². The largest absolute Gasteiger partial charge is 0.508 e. The molecule has 17 heavy (non-hydrogen) atoms. The Morgan fingerprint density at radius 3 is 2.53 bits per heavy atom. The van der Waals surface area contributed by atoms with Gasteiger partial charge in [-0.3, -0.25) is 0 Å². The fourth-order valence-electron chi connectivity index (χ4n) is 1.44. The molecule has 0 spiro atoms. The van der Waals surface area contributed by atoms with Crippen molar-refractivity contribution in [1.29, 1.82) is 0 Å². The van der Waals surface area contributed by atoms with Crippen molar-refractivity contribution < 1.29 is 9.50 Å². The lowest BCUT2D eigenvalue weighted by Gasteiger charge is -2.08. The van der Waals surface area contributed by atoms with E-state index in [4.69, 9.17) is 16.7 Å². The lowest BCUT2D eigenvalue weighted by molar-refractivity contribution is 0.475. The van der Waals surface area contributed by atoms with Gasteiger partial charge in [-0.2, -0.15) is 0 Å². The molecule has 0 saturated carbocycles. The Balaban J connectivity index is 2.07. The molecule has 88 valence electrons. The molecule has 0 aliphatic heterocycles. The van der Waals surface area contributed by atoms with Crippen LogP contribution < -0.4 is 5.32 Å². The van der Waals surface area contributed by atoms with Crippen LogP contribution in [0.2, 0.25) is 5.02 Å². The Kier molecular flexibility index (Phi) is 3.49. The molecule has 0 radical (unpaired) electrons. The molecule has 0 amide bonds. The average Bonchev–Trinajstić information content (AvgIpc) is 2.32. The summed E-state index contributed by atoms with van der Waals surface area (Å²) < 4.78 is 13.4. The number of hydrogen-bond donors (Lipinski definition) is 2. The normalized spacial score (nSPS) is 10.2. The molecule has 2 aromatic carbocycles. The van der Waals surface area contributed by atoms with Crippen LogP contribution in [-0.4, -0.2) is 5.11 Å². The highest BCUT2D eigenvalue weighted by Crippen LogP contribution is 2.20. The van der Waals surface area contributed by atoms with Crippen LogP contribution in [0.15, 0.2) is 42.5 Å². The second-order valence-corrected chi connectivity index (χ2v) is 4.08. The molecule has 2 nitrogen and oxygen atoms in total. The van der Waals surface area contributed by atoms with Crippen molar-refractivity contribution in [2.45, 2.75) is 6.54 Å². The molecule has 0 aliphatic carbocycles. The van der Waals surface area contributed by atoms with Gasteiger partial charge < -0.3 is 10.4 Å². The Morgan fingerprint density at radius 2 is 1.82 bits per heavy atom. The first-order chi connectivity index (χ1) is 8.15. The van der Waals surface area contributed by atoms with Crippen molar-refractivity contribution in [3.05, 3.63) is 58.9 Å². The van der Waals surface area contributed by atoms with Crippen LogP contribution in [0.4, 0.5) is 10.1 Å². The lowest BCUT2D eigenvalue weighted by atomic mass is 10.2. The molecular weight excluding hydrogens is 241 g/mol. The summed E-state index contributed by atoms with van der Waals surface area (Å²) in [7, 11) is 0. The van der Waals surface area contributed by atoms with Gasteiger partial charge in [-0.05, 0) is 35.9 Å². The van der Waals surface area contributed by atoms with Gasteiger partial charge in [0.15, 0.2) is 0 Å². The number of hydrogen-bond acceptors (Lipinski definition) is 2. The smallest absolute Gasteiger partial charge is 0.146 e. The Bertz CT molecular complexity index is 513. The molecule has 0 heterocycles. The number of benzene rings is 2. The van der Waals surface area contributed by atoms with Gasteiger partial charge in [-0.25, -0.2) is 4.39 Å². The maximum absolute atomic E-state index is 13.4. The number of rotatable bonds is 3. The van der Waals surface area contributed by atoms with Crippen LogP contribution in [0.5, 0.6) is 5.75 Å². The molecule has 0 aliphatic rings. The first kappa shape index (κ1) is 11.7. The Hall–Kier alpha value is -1.74. The zero-order chi connectivity index (χ0) is 12.3. The van der Waals surface area contributed by atoms with Crippen molar-refractivity contribution in [2.24, 2.45) is 0 Å². The number of aromatic hydroxyl groups is 1. The molecule has 0 fully saturated rings. The molecule has 0 bridgehead atoms. The van der Waals surface area contributed by atoms with Crippen LogP contribution >= 0.6 is 11.6 Å². The number of phenols is 1. The van der Waals surface area contributed by atoms with Crippen LogP contribution in [0.1, 0.15) is 5.56 Å². The van der Waals surface area contributed by atoms with Crippen LogP contribution in [0.25, 0.3) is 0 Å². The van der Waals surface area contributed by atoms with Gasteiger partial charge >= 0.3 is 0 Å². The van der Waals surface area contributed by atoms with Crippen molar-refractivity contribution in [2.75, 3.05) is 5.32 Å². The van der Waals surface area contributed by atoms with Crippen LogP contribution in [0.3, 0.4) is 0 Å². The van der Waals surface area contributed by atoms with E-state index in [1.807, 2.05) is 0 Å². The molecule has 2 rings (SSSR count). The summed E-state index contributed by atoms with van der Waals surface area (Å²) in [6.45, 7) is 0.470.